The molecule has 18 heavy (non-hydrogen) atoms. The van der Waals surface area contributed by atoms with E-state index in [0.717, 1.165) is 31.2 Å². The Kier molecular flexibility index (Phi) is 4.10. The molecule has 0 unspecified atom stereocenters. The van der Waals surface area contributed by atoms with E-state index in [4.69, 9.17) is 4.74 Å². The molecule has 1 fully saturated rings. The fourth-order valence-electron chi connectivity index (χ4n) is 2.26. The van der Waals surface area contributed by atoms with Gasteiger partial charge in [0.05, 0.1) is 13.1 Å². The molecule has 0 bridgehead atoms. The van der Waals surface area contributed by atoms with Crippen LogP contribution >= 0.6 is 0 Å². The Morgan fingerprint density at radius 3 is 2.44 bits per heavy atom. The van der Waals surface area contributed by atoms with Gasteiger partial charge in [-0.1, -0.05) is 30.3 Å². The molecule has 0 radical (unpaired) electrons. The van der Waals surface area contributed by atoms with Crippen LogP contribution in [-0.2, 0) is 16.1 Å². The van der Waals surface area contributed by atoms with Crippen LogP contribution < -0.4 is 0 Å². The first-order chi connectivity index (χ1) is 8.77. The van der Waals surface area contributed by atoms with Gasteiger partial charge in [0.15, 0.2) is 0 Å². The first-order valence-corrected chi connectivity index (χ1v) is 6.31. The van der Waals surface area contributed by atoms with E-state index in [0.29, 0.717) is 13.1 Å². The highest BCUT2D eigenvalue weighted by Crippen LogP contribution is 2.19. The summed E-state index contributed by atoms with van der Waals surface area (Å²) in [5.41, 5.74) is 0.937. The van der Waals surface area contributed by atoms with Crippen LogP contribution in [0.3, 0.4) is 0 Å². The van der Waals surface area contributed by atoms with Gasteiger partial charge in [-0.15, -0.1) is 0 Å². The van der Waals surface area contributed by atoms with Crippen molar-refractivity contribution in [3.8, 4) is 0 Å². The first kappa shape index (κ1) is 12.8. The number of imide groups is 1. The molecule has 0 N–H and O–H groups in total. The van der Waals surface area contributed by atoms with Crippen LogP contribution in [0, 0.1) is 0 Å². The number of benzene rings is 1. The minimum absolute atomic E-state index is 0.174. The summed E-state index contributed by atoms with van der Waals surface area (Å²) in [5.74, 6) is 0. The summed E-state index contributed by atoms with van der Waals surface area (Å²) in [6.07, 6.45) is 3.19. The van der Waals surface area contributed by atoms with Gasteiger partial charge in [0, 0.05) is 0 Å². The normalized spacial score (nSPS) is 18.0. The number of carbonyl (C=O) groups is 2. The van der Waals surface area contributed by atoms with Crippen molar-refractivity contribution < 1.29 is 18.8 Å². The lowest BCUT2D eigenvalue weighted by molar-refractivity contribution is -0.779. The maximum atomic E-state index is 12.0. The van der Waals surface area contributed by atoms with E-state index in [2.05, 4.69) is 0 Å². The number of hydrogen-bond donors (Lipinski definition) is 0. The Hall–Kier alpha value is -1.68. The summed E-state index contributed by atoms with van der Waals surface area (Å²) in [6.45, 7) is 1.36. The number of hydrogen-bond acceptors (Lipinski definition) is 3. The van der Waals surface area contributed by atoms with Crippen LogP contribution in [0.25, 0.3) is 0 Å². The molecule has 2 rings (SSSR count). The molecule has 0 atom stereocenters. The van der Waals surface area contributed by atoms with E-state index in [-0.39, 0.29) is 11.1 Å². The molecule has 2 amide bonds. The lowest BCUT2D eigenvalue weighted by Gasteiger charge is -2.30. The molecule has 1 aliphatic heterocycles. The zero-order chi connectivity index (χ0) is 12.8. The molecule has 1 aromatic rings. The average Bonchev–Trinajstić information content (AvgIpc) is 2.46. The Morgan fingerprint density at radius 1 is 1.17 bits per heavy atom. The van der Waals surface area contributed by atoms with Crippen LogP contribution in [0.5, 0.6) is 0 Å². The number of piperidine rings is 1. The molecule has 0 spiro atoms. The smallest absolute Gasteiger partial charge is 0.415 e. The minimum Gasteiger partial charge on any atom is -0.415 e. The summed E-state index contributed by atoms with van der Waals surface area (Å²) in [7, 11) is 0. The van der Waals surface area contributed by atoms with E-state index >= 15 is 0 Å². The number of rotatable bonds is 3. The third-order valence-corrected chi connectivity index (χ3v) is 3.38. The standard InChI is InChI=1S/C14H18NO3/c16-12-15(9-5-2-6-10-15)14(17)18-11-13-7-3-1-4-8-13/h1,3-4,7-8,12H,2,5-6,9-11H2/q+1. The van der Waals surface area contributed by atoms with Gasteiger partial charge in [0.1, 0.15) is 6.61 Å². The zero-order valence-electron chi connectivity index (χ0n) is 10.4. The second-order valence-electron chi connectivity index (χ2n) is 4.69. The summed E-state index contributed by atoms with van der Waals surface area (Å²) in [4.78, 5) is 23.2. The van der Waals surface area contributed by atoms with E-state index in [1.54, 1.807) is 0 Å². The maximum Gasteiger partial charge on any atom is 0.523 e. The second-order valence-corrected chi connectivity index (χ2v) is 4.69. The molecule has 1 saturated heterocycles. The highest BCUT2D eigenvalue weighted by molar-refractivity contribution is 5.68. The molecule has 1 aromatic carbocycles. The number of nitrogens with zero attached hydrogens (tertiary/aromatic N) is 1. The van der Waals surface area contributed by atoms with Crippen molar-refractivity contribution in [2.45, 2.75) is 25.9 Å². The number of carbonyl (C=O) groups excluding carboxylic acids is 2. The number of amides is 2. The van der Waals surface area contributed by atoms with Gasteiger partial charge in [0.25, 0.3) is 0 Å². The Balaban J connectivity index is 1.96. The lowest BCUT2D eigenvalue weighted by Crippen LogP contribution is -2.54. The molecule has 0 aliphatic carbocycles. The van der Waals surface area contributed by atoms with Crippen molar-refractivity contribution in [2.75, 3.05) is 13.1 Å². The predicted octanol–water partition coefficient (Wildman–Crippen LogP) is 2.48. The van der Waals surface area contributed by atoms with Gasteiger partial charge in [-0.25, -0.2) is 4.79 Å². The van der Waals surface area contributed by atoms with Crippen molar-refractivity contribution in [2.24, 2.45) is 0 Å². The third-order valence-electron chi connectivity index (χ3n) is 3.38. The molecular formula is C14H18NO3+. The number of ether oxygens (including phenoxy) is 1. The second kappa shape index (κ2) is 5.78. The Labute approximate surface area is 107 Å². The number of likely N-dealkylation sites (tertiary alicyclic amines) is 1. The van der Waals surface area contributed by atoms with Crippen LogP contribution in [0.2, 0.25) is 0 Å². The van der Waals surface area contributed by atoms with Crippen molar-refractivity contribution in [3.05, 3.63) is 35.9 Å². The van der Waals surface area contributed by atoms with Crippen LogP contribution in [-0.4, -0.2) is 30.1 Å². The van der Waals surface area contributed by atoms with Crippen LogP contribution in [0.1, 0.15) is 24.8 Å². The largest absolute Gasteiger partial charge is 0.523 e. The van der Waals surface area contributed by atoms with Crippen molar-refractivity contribution >= 4 is 12.5 Å². The maximum absolute atomic E-state index is 12.0. The molecule has 4 heteroatoms. The van der Waals surface area contributed by atoms with Crippen LogP contribution in [0.15, 0.2) is 30.3 Å². The molecule has 0 aromatic heterocycles. The molecule has 1 heterocycles. The van der Waals surface area contributed by atoms with E-state index in [1.807, 2.05) is 30.3 Å². The summed E-state index contributed by atoms with van der Waals surface area (Å²) in [6, 6.07) is 9.50. The molecule has 4 nitrogen and oxygen atoms in total. The third kappa shape index (κ3) is 2.76. The molecule has 1 aliphatic rings. The topological polar surface area (TPSA) is 43.4 Å². The van der Waals surface area contributed by atoms with Crippen molar-refractivity contribution in [3.63, 3.8) is 0 Å². The SMILES string of the molecule is O=C[N+]1(C(=O)OCc2ccccc2)CCCCC1. The summed E-state index contributed by atoms with van der Waals surface area (Å²) >= 11 is 0. The van der Waals surface area contributed by atoms with E-state index < -0.39 is 6.09 Å². The minimum atomic E-state index is -0.423. The highest BCUT2D eigenvalue weighted by Gasteiger charge is 2.40. The average molecular weight is 248 g/mol. The molecular weight excluding hydrogens is 230 g/mol. The van der Waals surface area contributed by atoms with Crippen molar-refractivity contribution in [1.82, 2.24) is 0 Å². The monoisotopic (exact) mass is 248 g/mol. The Morgan fingerprint density at radius 2 is 1.83 bits per heavy atom. The molecule has 96 valence electrons. The van der Waals surface area contributed by atoms with Gasteiger partial charge >= 0.3 is 12.5 Å². The predicted molar refractivity (Wildman–Crippen MR) is 66.5 cm³/mol. The van der Waals surface area contributed by atoms with Gasteiger partial charge < -0.3 is 4.74 Å². The first-order valence-electron chi connectivity index (χ1n) is 6.31. The molecule has 0 saturated carbocycles. The zero-order valence-corrected chi connectivity index (χ0v) is 10.4. The van der Waals surface area contributed by atoms with E-state index in [1.165, 1.54) is 0 Å². The highest BCUT2D eigenvalue weighted by atomic mass is 16.6. The lowest BCUT2D eigenvalue weighted by atomic mass is 10.1. The van der Waals surface area contributed by atoms with Crippen LogP contribution in [0.4, 0.5) is 4.79 Å². The fourth-order valence-corrected chi connectivity index (χ4v) is 2.26. The van der Waals surface area contributed by atoms with Gasteiger partial charge in [-0.2, -0.15) is 9.28 Å². The van der Waals surface area contributed by atoms with Gasteiger partial charge in [0.2, 0.25) is 0 Å². The van der Waals surface area contributed by atoms with Crippen molar-refractivity contribution in [1.29, 1.82) is 0 Å². The Bertz CT molecular complexity index is 410. The number of quaternary nitrogens is 1. The quantitative estimate of drug-likeness (QED) is 0.609. The van der Waals surface area contributed by atoms with Gasteiger partial charge in [-0.3, -0.25) is 0 Å². The van der Waals surface area contributed by atoms with E-state index in [9.17, 15) is 9.59 Å². The summed E-state index contributed by atoms with van der Waals surface area (Å²) < 4.78 is 5.09. The fraction of sp³-hybridized carbons (Fsp3) is 0.429. The summed E-state index contributed by atoms with van der Waals surface area (Å²) in [5, 5.41) is 0. The van der Waals surface area contributed by atoms with Gasteiger partial charge in [-0.05, 0) is 24.8 Å².